The van der Waals surface area contributed by atoms with Gasteiger partial charge in [0.1, 0.15) is 15.6 Å². The first-order chi connectivity index (χ1) is 9.52. The minimum atomic E-state index is -0.0843. The molecule has 5 nitrogen and oxygen atoms in total. The number of carbonyl (C=O) groups excluding carboxylic acids is 1. The molecule has 110 valence electrons. The summed E-state index contributed by atoms with van der Waals surface area (Å²) in [4.78, 5) is 12.7. The summed E-state index contributed by atoms with van der Waals surface area (Å²) in [6.45, 7) is 3.15. The van der Waals surface area contributed by atoms with E-state index in [9.17, 15) is 4.79 Å². The summed E-state index contributed by atoms with van der Waals surface area (Å²) in [5.74, 6) is 0.513. The number of hydrogen-bond donors (Lipinski definition) is 3. The number of hydrogen-bond acceptors (Lipinski definition) is 5. The highest BCUT2D eigenvalue weighted by molar-refractivity contribution is 7.19. The van der Waals surface area contributed by atoms with Gasteiger partial charge in [-0.25, -0.2) is 0 Å². The first kappa shape index (κ1) is 13.5. The summed E-state index contributed by atoms with van der Waals surface area (Å²) in [6.07, 6.45) is 4.63. The van der Waals surface area contributed by atoms with Crippen LogP contribution in [-0.4, -0.2) is 25.6 Å². The fourth-order valence-electron chi connectivity index (χ4n) is 2.08. The van der Waals surface area contributed by atoms with E-state index in [2.05, 4.69) is 17.6 Å². The van der Waals surface area contributed by atoms with E-state index in [4.69, 9.17) is 10.5 Å². The van der Waals surface area contributed by atoms with Crippen molar-refractivity contribution in [1.29, 1.82) is 0 Å². The summed E-state index contributed by atoms with van der Waals surface area (Å²) in [6, 6.07) is 0.330. The van der Waals surface area contributed by atoms with Crippen LogP contribution in [0.4, 0.5) is 10.7 Å². The lowest BCUT2D eigenvalue weighted by atomic mass is 10.1. The van der Waals surface area contributed by atoms with Gasteiger partial charge in [-0.1, -0.05) is 6.92 Å². The van der Waals surface area contributed by atoms with Gasteiger partial charge in [0.15, 0.2) is 5.75 Å². The Bertz CT molecular complexity index is 533. The minimum Gasteiger partial charge on any atom is -0.492 e. The van der Waals surface area contributed by atoms with E-state index < -0.39 is 0 Å². The van der Waals surface area contributed by atoms with E-state index >= 15 is 0 Å². The number of nitrogen functional groups attached to an aromatic ring is 1. The quantitative estimate of drug-likeness (QED) is 0.753. The summed E-state index contributed by atoms with van der Waals surface area (Å²) in [5.41, 5.74) is 6.88. The van der Waals surface area contributed by atoms with Gasteiger partial charge in [-0.3, -0.25) is 4.79 Å². The average Bonchev–Trinajstić information content (AvgIpc) is 3.32. The fourth-order valence-corrected chi connectivity index (χ4v) is 3.07. The lowest BCUT2D eigenvalue weighted by molar-refractivity contribution is 0.0956. The number of anilines is 2. The van der Waals surface area contributed by atoms with Gasteiger partial charge < -0.3 is 21.1 Å². The molecule has 1 heterocycles. The third-order valence-electron chi connectivity index (χ3n) is 4.00. The zero-order valence-electron chi connectivity index (χ0n) is 11.9. The fraction of sp³-hybridized carbons (Fsp3) is 0.643. The summed E-state index contributed by atoms with van der Waals surface area (Å²) in [5, 5.41) is 7.21. The van der Waals surface area contributed by atoms with Crippen LogP contribution in [0.1, 0.15) is 42.3 Å². The molecule has 2 fully saturated rings. The molecule has 0 aromatic carbocycles. The Morgan fingerprint density at radius 2 is 2.20 bits per heavy atom. The largest absolute Gasteiger partial charge is 0.492 e. The molecular weight excluding hydrogens is 274 g/mol. The van der Waals surface area contributed by atoms with Crippen molar-refractivity contribution in [2.24, 2.45) is 5.41 Å². The third-order valence-corrected chi connectivity index (χ3v) is 5.15. The monoisotopic (exact) mass is 295 g/mol. The predicted molar refractivity (Wildman–Crippen MR) is 81.6 cm³/mol. The Kier molecular flexibility index (Phi) is 3.28. The molecule has 0 saturated heterocycles. The number of amides is 1. The van der Waals surface area contributed by atoms with Crippen molar-refractivity contribution in [1.82, 2.24) is 5.32 Å². The third kappa shape index (κ3) is 2.70. The summed E-state index contributed by atoms with van der Waals surface area (Å²) >= 11 is 1.38. The number of methoxy groups -OCH3 is 1. The second-order valence-electron chi connectivity index (χ2n) is 6.12. The first-order valence-electron chi connectivity index (χ1n) is 7.03. The molecule has 4 N–H and O–H groups in total. The Morgan fingerprint density at radius 1 is 1.50 bits per heavy atom. The molecule has 6 heteroatoms. The van der Waals surface area contributed by atoms with E-state index in [1.165, 1.54) is 24.2 Å². The van der Waals surface area contributed by atoms with Crippen molar-refractivity contribution in [2.75, 3.05) is 24.7 Å². The van der Waals surface area contributed by atoms with Crippen molar-refractivity contribution in [2.45, 2.75) is 38.6 Å². The van der Waals surface area contributed by atoms with Crippen LogP contribution in [0, 0.1) is 5.41 Å². The molecule has 0 spiro atoms. The number of rotatable bonds is 6. The molecule has 2 aliphatic carbocycles. The molecule has 20 heavy (non-hydrogen) atoms. The van der Waals surface area contributed by atoms with Crippen molar-refractivity contribution >= 4 is 27.9 Å². The lowest BCUT2D eigenvalue weighted by Crippen LogP contribution is -2.25. The van der Waals surface area contributed by atoms with Crippen LogP contribution in [0.15, 0.2) is 0 Å². The smallest absolute Gasteiger partial charge is 0.263 e. The predicted octanol–water partition coefficient (Wildman–Crippen LogP) is 2.44. The van der Waals surface area contributed by atoms with Gasteiger partial charge >= 0.3 is 0 Å². The van der Waals surface area contributed by atoms with Crippen molar-refractivity contribution in [3.8, 4) is 5.75 Å². The van der Waals surface area contributed by atoms with E-state index in [1.807, 2.05) is 0 Å². The maximum absolute atomic E-state index is 12.1. The van der Waals surface area contributed by atoms with Gasteiger partial charge in [0, 0.05) is 12.6 Å². The molecule has 0 radical (unpaired) electrons. The molecule has 1 amide bonds. The van der Waals surface area contributed by atoms with Crippen LogP contribution in [0.3, 0.4) is 0 Å². The highest BCUT2D eigenvalue weighted by Crippen LogP contribution is 2.47. The molecule has 2 aliphatic rings. The second kappa shape index (κ2) is 4.84. The lowest BCUT2D eigenvalue weighted by Gasteiger charge is -2.11. The average molecular weight is 295 g/mol. The molecule has 1 aromatic heterocycles. The molecular formula is C14H21N3O2S. The Morgan fingerprint density at radius 3 is 2.75 bits per heavy atom. The number of nitrogens with two attached hydrogens (primary N) is 1. The Labute approximate surface area is 122 Å². The molecule has 1 aromatic rings. The second-order valence-corrected chi connectivity index (χ2v) is 7.14. The van der Waals surface area contributed by atoms with Gasteiger partial charge in [-0.15, -0.1) is 11.3 Å². The zero-order chi connectivity index (χ0) is 14.3. The van der Waals surface area contributed by atoms with Crippen molar-refractivity contribution in [3.63, 3.8) is 0 Å². The zero-order valence-corrected chi connectivity index (χ0v) is 12.7. The van der Waals surface area contributed by atoms with Crippen LogP contribution in [-0.2, 0) is 0 Å². The van der Waals surface area contributed by atoms with E-state index in [0.717, 1.165) is 24.4 Å². The van der Waals surface area contributed by atoms with Gasteiger partial charge in [-0.2, -0.15) is 0 Å². The molecule has 0 unspecified atom stereocenters. The van der Waals surface area contributed by atoms with Gasteiger partial charge in [-0.05, 0) is 31.1 Å². The van der Waals surface area contributed by atoms with Crippen LogP contribution in [0.5, 0.6) is 5.75 Å². The molecule has 0 bridgehead atoms. The highest BCUT2D eigenvalue weighted by Gasteiger charge is 2.37. The molecule has 3 rings (SSSR count). The summed E-state index contributed by atoms with van der Waals surface area (Å²) in [7, 11) is 1.59. The van der Waals surface area contributed by atoms with Crippen LogP contribution in [0.2, 0.25) is 0 Å². The molecule has 2 saturated carbocycles. The Hall–Kier alpha value is -1.43. The number of thiophene rings is 1. The SMILES string of the molecule is COc1c(NCC2(C)CC2)sc(C(=O)NC2CC2)c1N. The van der Waals surface area contributed by atoms with Crippen LogP contribution < -0.4 is 21.1 Å². The Balaban J connectivity index is 1.76. The number of carbonyl (C=O) groups is 1. The maximum atomic E-state index is 12.1. The number of nitrogens with one attached hydrogen (secondary N) is 2. The van der Waals surface area contributed by atoms with Crippen LogP contribution in [0.25, 0.3) is 0 Å². The minimum absolute atomic E-state index is 0.0843. The topological polar surface area (TPSA) is 76.4 Å². The molecule has 0 atom stereocenters. The van der Waals surface area contributed by atoms with Crippen molar-refractivity contribution < 1.29 is 9.53 Å². The molecule has 0 aliphatic heterocycles. The van der Waals surface area contributed by atoms with Gasteiger partial charge in [0.05, 0.1) is 7.11 Å². The highest BCUT2D eigenvalue weighted by atomic mass is 32.1. The number of ether oxygens (including phenoxy) is 1. The van der Waals surface area contributed by atoms with E-state index in [1.54, 1.807) is 7.11 Å². The summed E-state index contributed by atoms with van der Waals surface area (Å²) < 4.78 is 5.36. The maximum Gasteiger partial charge on any atom is 0.263 e. The normalized spacial score (nSPS) is 19.5. The van der Waals surface area contributed by atoms with Gasteiger partial charge in [0.2, 0.25) is 0 Å². The van der Waals surface area contributed by atoms with E-state index in [-0.39, 0.29) is 5.91 Å². The van der Waals surface area contributed by atoms with Crippen molar-refractivity contribution in [3.05, 3.63) is 4.88 Å². The van der Waals surface area contributed by atoms with Gasteiger partial charge in [0.25, 0.3) is 5.91 Å². The van der Waals surface area contributed by atoms with Crippen LogP contribution >= 0.6 is 11.3 Å². The first-order valence-corrected chi connectivity index (χ1v) is 7.85. The van der Waals surface area contributed by atoms with E-state index in [0.29, 0.717) is 27.8 Å². The standard InChI is InChI=1S/C14H21N3O2S/c1-14(5-6-14)7-16-13-10(19-2)9(15)11(20-13)12(18)17-8-3-4-8/h8,16H,3-7,15H2,1-2H3,(H,17,18).